The second-order valence-electron chi connectivity index (χ2n) is 4.85. The number of hydrogen-bond acceptors (Lipinski definition) is 3. The summed E-state index contributed by atoms with van der Waals surface area (Å²) in [4.78, 5) is 11.0. The molecule has 1 rings (SSSR count). The van der Waals surface area contributed by atoms with Gasteiger partial charge in [0.05, 0.1) is 10.9 Å². The smallest absolute Gasteiger partial charge is 0.342 e. The fourth-order valence-electron chi connectivity index (χ4n) is 2.00. The third-order valence-electron chi connectivity index (χ3n) is 3.33. The Morgan fingerprint density at radius 1 is 1.17 bits per heavy atom. The molecule has 0 radical (unpaired) electrons. The SMILES string of the molecule is CCN(CC)S(=O)(=O)c1ccc([C@H](C)NC(=O)C(F)(F)F)cc1. The van der Waals surface area contributed by atoms with Crippen LogP contribution in [0.5, 0.6) is 0 Å². The van der Waals surface area contributed by atoms with Gasteiger partial charge < -0.3 is 5.32 Å². The van der Waals surface area contributed by atoms with E-state index >= 15 is 0 Å². The minimum atomic E-state index is -4.96. The normalized spacial score (nSPS) is 13.9. The number of amides is 1. The molecule has 5 nitrogen and oxygen atoms in total. The first kappa shape index (κ1) is 19.4. The molecule has 0 spiro atoms. The van der Waals surface area contributed by atoms with Crippen molar-refractivity contribution in [3.63, 3.8) is 0 Å². The first-order valence-corrected chi connectivity index (χ1v) is 8.45. The maximum absolute atomic E-state index is 12.3. The van der Waals surface area contributed by atoms with Crippen LogP contribution in [-0.2, 0) is 14.8 Å². The highest BCUT2D eigenvalue weighted by molar-refractivity contribution is 7.89. The fourth-order valence-corrected chi connectivity index (χ4v) is 3.46. The van der Waals surface area contributed by atoms with Gasteiger partial charge in [-0.1, -0.05) is 26.0 Å². The second-order valence-corrected chi connectivity index (χ2v) is 6.79. The molecular formula is C14H19F3N2O3S. The summed E-state index contributed by atoms with van der Waals surface area (Å²) in [6.07, 6.45) is -4.96. The number of carbonyl (C=O) groups excluding carboxylic acids is 1. The Morgan fingerprint density at radius 3 is 2.04 bits per heavy atom. The van der Waals surface area contributed by atoms with Crippen molar-refractivity contribution < 1.29 is 26.4 Å². The van der Waals surface area contributed by atoms with E-state index in [1.165, 1.54) is 35.5 Å². The van der Waals surface area contributed by atoms with E-state index in [2.05, 4.69) is 0 Å². The van der Waals surface area contributed by atoms with Crippen LogP contribution in [-0.4, -0.2) is 37.9 Å². The summed E-state index contributed by atoms with van der Waals surface area (Å²) in [5, 5.41) is 1.82. The average Bonchev–Trinajstić information content (AvgIpc) is 2.47. The van der Waals surface area contributed by atoms with Crippen molar-refractivity contribution in [2.75, 3.05) is 13.1 Å². The molecule has 0 fully saturated rings. The molecule has 0 bridgehead atoms. The van der Waals surface area contributed by atoms with Crippen molar-refractivity contribution >= 4 is 15.9 Å². The van der Waals surface area contributed by atoms with Crippen LogP contribution < -0.4 is 5.32 Å². The molecular weight excluding hydrogens is 333 g/mol. The monoisotopic (exact) mass is 352 g/mol. The molecule has 0 aliphatic rings. The first-order valence-electron chi connectivity index (χ1n) is 7.01. The summed E-state index contributed by atoms with van der Waals surface area (Å²) in [5.74, 6) is -2.04. The van der Waals surface area contributed by atoms with E-state index in [0.717, 1.165) is 0 Å². The zero-order valence-electron chi connectivity index (χ0n) is 13.0. The number of hydrogen-bond donors (Lipinski definition) is 1. The minimum Gasteiger partial charge on any atom is -0.342 e. The second kappa shape index (κ2) is 7.31. The number of nitrogens with zero attached hydrogens (tertiary/aromatic N) is 1. The Hall–Kier alpha value is -1.61. The largest absolute Gasteiger partial charge is 0.471 e. The number of rotatable bonds is 6. The molecule has 0 aromatic heterocycles. The fraction of sp³-hybridized carbons (Fsp3) is 0.500. The maximum atomic E-state index is 12.3. The summed E-state index contributed by atoms with van der Waals surface area (Å²) < 4.78 is 62.5. The van der Waals surface area contributed by atoms with Crippen molar-refractivity contribution in [2.24, 2.45) is 0 Å². The number of nitrogens with one attached hydrogen (secondary N) is 1. The Bertz CT molecular complexity index is 638. The molecule has 1 aromatic rings. The van der Waals surface area contributed by atoms with Gasteiger partial charge in [-0.05, 0) is 24.6 Å². The van der Waals surface area contributed by atoms with E-state index in [0.29, 0.717) is 18.7 Å². The van der Waals surface area contributed by atoms with Crippen LogP contribution >= 0.6 is 0 Å². The quantitative estimate of drug-likeness (QED) is 0.855. The molecule has 1 amide bonds. The lowest BCUT2D eigenvalue weighted by molar-refractivity contribution is -0.174. The molecule has 0 saturated carbocycles. The summed E-state index contributed by atoms with van der Waals surface area (Å²) in [6, 6.07) is 4.52. The Labute approximate surface area is 133 Å². The van der Waals surface area contributed by atoms with Gasteiger partial charge in [0.1, 0.15) is 0 Å². The first-order chi connectivity index (χ1) is 10.5. The molecule has 0 unspecified atom stereocenters. The van der Waals surface area contributed by atoms with E-state index in [1.54, 1.807) is 13.8 Å². The third-order valence-corrected chi connectivity index (χ3v) is 5.39. The van der Waals surface area contributed by atoms with Gasteiger partial charge in [-0.15, -0.1) is 0 Å². The van der Waals surface area contributed by atoms with Crippen LogP contribution in [0, 0.1) is 0 Å². The zero-order valence-corrected chi connectivity index (χ0v) is 13.8. The predicted octanol–water partition coefficient (Wildman–Crippen LogP) is 2.46. The highest BCUT2D eigenvalue weighted by Crippen LogP contribution is 2.21. The van der Waals surface area contributed by atoms with E-state index < -0.39 is 28.1 Å². The van der Waals surface area contributed by atoms with Gasteiger partial charge >= 0.3 is 12.1 Å². The number of benzene rings is 1. The van der Waals surface area contributed by atoms with Crippen LogP contribution in [0.15, 0.2) is 29.2 Å². The molecule has 0 aliphatic heterocycles. The number of carbonyl (C=O) groups is 1. The number of alkyl halides is 3. The Morgan fingerprint density at radius 2 is 1.65 bits per heavy atom. The van der Waals surface area contributed by atoms with Gasteiger partial charge in [-0.3, -0.25) is 4.79 Å². The van der Waals surface area contributed by atoms with Gasteiger partial charge in [-0.25, -0.2) is 8.42 Å². The lowest BCUT2D eigenvalue weighted by Gasteiger charge is -2.19. The topological polar surface area (TPSA) is 66.5 Å². The molecule has 1 aromatic carbocycles. The van der Waals surface area contributed by atoms with Crippen LogP contribution in [0.25, 0.3) is 0 Å². The lowest BCUT2D eigenvalue weighted by Crippen LogP contribution is -2.38. The lowest BCUT2D eigenvalue weighted by atomic mass is 10.1. The zero-order chi connectivity index (χ0) is 17.8. The molecule has 0 saturated heterocycles. The van der Waals surface area contributed by atoms with E-state index in [4.69, 9.17) is 0 Å². The van der Waals surface area contributed by atoms with Crippen molar-refractivity contribution in [1.29, 1.82) is 0 Å². The molecule has 130 valence electrons. The van der Waals surface area contributed by atoms with Gasteiger partial charge in [-0.2, -0.15) is 17.5 Å². The van der Waals surface area contributed by atoms with Gasteiger partial charge in [0.2, 0.25) is 10.0 Å². The summed E-state index contributed by atoms with van der Waals surface area (Å²) in [6.45, 7) is 5.45. The summed E-state index contributed by atoms with van der Waals surface area (Å²) in [5.41, 5.74) is 0.376. The van der Waals surface area contributed by atoms with Crippen LogP contribution in [0.4, 0.5) is 13.2 Å². The molecule has 0 aliphatic carbocycles. The molecule has 23 heavy (non-hydrogen) atoms. The van der Waals surface area contributed by atoms with Gasteiger partial charge in [0.25, 0.3) is 0 Å². The van der Waals surface area contributed by atoms with Crippen LogP contribution in [0.2, 0.25) is 0 Å². The van der Waals surface area contributed by atoms with Crippen molar-refractivity contribution in [3.8, 4) is 0 Å². The van der Waals surface area contributed by atoms with Crippen molar-refractivity contribution in [2.45, 2.75) is 37.9 Å². The molecule has 0 heterocycles. The standard InChI is InChI=1S/C14H19F3N2O3S/c1-4-19(5-2)23(21,22)12-8-6-11(7-9-12)10(3)18-13(20)14(15,16)17/h6-10H,4-5H2,1-3H3,(H,18,20)/t10-/m0/s1. The van der Waals surface area contributed by atoms with Crippen LogP contribution in [0.1, 0.15) is 32.4 Å². The number of halogens is 3. The third kappa shape index (κ3) is 4.68. The summed E-state index contributed by atoms with van der Waals surface area (Å²) in [7, 11) is -3.62. The Balaban J connectivity index is 2.95. The molecule has 1 N–H and O–H groups in total. The summed E-state index contributed by atoms with van der Waals surface area (Å²) >= 11 is 0. The minimum absolute atomic E-state index is 0.0549. The van der Waals surface area contributed by atoms with Gasteiger partial charge in [0.15, 0.2) is 0 Å². The Kier molecular flexibility index (Phi) is 6.18. The van der Waals surface area contributed by atoms with E-state index in [1.807, 2.05) is 5.32 Å². The van der Waals surface area contributed by atoms with Gasteiger partial charge in [0, 0.05) is 13.1 Å². The number of sulfonamides is 1. The molecule has 1 atom stereocenters. The average molecular weight is 352 g/mol. The molecule has 9 heteroatoms. The van der Waals surface area contributed by atoms with Crippen molar-refractivity contribution in [1.82, 2.24) is 9.62 Å². The maximum Gasteiger partial charge on any atom is 0.471 e. The van der Waals surface area contributed by atoms with E-state index in [9.17, 15) is 26.4 Å². The highest BCUT2D eigenvalue weighted by atomic mass is 32.2. The van der Waals surface area contributed by atoms with Crippen molar-refractivity contribution in [3.05, 3.63) is 29.8 Å². The van der Waals surface area contributed by atoms with E-state index in [-0.39, 0.29) is 4.90 Å². The predicted molar refractivity (Wildman–Crippen MR) is 79.2 cm³/mol. The highest BCUT2D eigenvalue weighted by Gasteiger charge is 2.39. The van der Waals surface area contributed by atoms with Crippen LogP contribution in [0.3, 0.4) is 0 Å².